The molecule has 1 amide bonds. The van der Waals surface area contributed by atoms with Gasteiger partial charge < -0.3 is 4.90 Å². The number of thiazole rings is 1. The van der Waals surface area contributed by atoms with Gasteiger partial charge >= 0.3 is 0 Å². The van der Waals surface area contributed by atoms with E-state index in [1.54, 1.807) is 52.3 Å². The van der Waals surface area contributed by atoms with Crippen LogP contribution in [0.1, 0.15) is 38.9 Å². The standard InChI is InChI=1S/C16H17N5OS/c1-20(10-15-18-11-5-2-3-6-13(11)23-15)16(22)12-9-14-17-7-4-8-21(14)19-12/h4,7-9H,2-3,5-6,10H2,1H3. The Hall–Kier alpha value is -2.28. The Labute approximate surface area is 137 Å². The predicted molar refractivity (Wildman–Crippen MR) is 87.5 cm³/mol. The van der Waals surface area contributed by atoms with E-state index in [0.29, 0.717) is 17.9 Å². The molecule has 1 aliphatic rings. The van der Waals surface area contributed by atoms with Crippen LogP contribution in [0, 0.1) is 0 Å². The molecule has 0 unspecified atom stereocenters. The summed E-state index contributed by atoms with van der Waals surface area (Å²) in [5.74, 6) is -0.108. The molecule has 0 saturated carbocycles. The molecule has 0 radical (unpaired) electrons. The Bertz CT molecular complexity index is 812. The number of carbonyl (C=O) groups is 1. The first-order valence-electron chi connectivity index (χ1n) is 7.74. The van der Waals surface area contributed by atoms with E-state index in [0.717, 1.165) is 17.8 Å². The van der Waals surface area contributed by atoms with Gasteiger partial charge in [-0.3, -0.25) is 4.79 Å². The fourth-order valence-corrected chi connectivity index (χ4v) is 4.09. The summed E-state index contributed by atoms with van der Waals surface area (Å²) in [6.07, 6.45) is 8.14. The number of hydrogen-bond donors (Lipinski definition) is 0. The molecule has 4 rings (SSSR count). The molecule has 23 heavy (non-hydrogen) atoms. The van der Waals surface area contributed by atoms with E-state index >= 15 is 0 Å². The predicted octanol–water partition coefficient (Wildman–Crippen LogP) is 2.34. The van der Waals surface area contributed by atoms with Gasteiger partial charge in [0.15, 0.2) is 11.3 Å². The van der Waals surface area contributed by atoms with Gasteiger partial charge in [0.2, 0.25) is 0 Å². The van der Waals surface area contributed by atoms with Crippen molar-refractivity contribution in [1.82, 2.24) is 24.5 Å². The van der Waals surface area contributed by atoms with Gasteiger partial charge in [0.25, 0.3) is 5.91 Å². The lowest BCUT2D eigenvalue weighted by Crippen LogP contribution is -2.26. The number of aryl methyl sites for hydroxylation is 2. The van der Waals surface area contributed by atoms with Crippen LogP contribution < -0.4 is 0 Å². The molecule has 0 saturated heterocycles. The molecule has 0 fully saturated rings. The molecule has 0 aromatic carbocycles. The number of hydrogen-bond acceptors (Lipinski definition) is 5. The van der Waals surface area contributed by atoms with Gasteiger partial charge in [-0.15, -0.1) is 11.3 Å². The zero-order valence-electron chi connectivity index (χ0n) is 12.9. The average molecular weight is 327 g/mol. The van der Waals surface area contributed by atoms with Crippen LogP contribution in [0.15, 0.2) is 24.5 Å². The molecule has 3 aromatic rings. The van der Waals surface area contributed by atoms with Gasteiger partial charge in [-0.05, 0) is 31.7 Å². The number of fused-ring (bicyclic) bond motifs is 2. The molecule has 118 valence electrons. The Morgan fingerprint density at radius 3 is 3.09 bits per heavy atom. The van der Waals surface area contributed by atoms with E-state index in [2.05, 4.69) is 10.1 Å². The molecule has 1 aliphatic carbocycles. The van der Waals surface area contributed by atoms with Gasteiger partial charge in [0, 0.05) is 30.4 Å². The second kappa shape index (κ2) is 5.73. The molecule has 0 aliphatic heterocycles. The summed E-state index contributed by atoms with van der Waals surface area (Å²) in [5, 5.41) is 5.30. The summed E-state index contributed by atoms with van der Waals surface area (Å²) in [4.78, 5) is 24.5. The highest BCUT2D eigenvalue weighted by atomic mass is 32.1. The highest BCUT2D eigenvalue weighted by Crippen LogP contribution is 2.27. The van der Waals surface area contributed by atoms with E-state index in [1.807, 2.05) is 0 Å². The quantitative estimate of drug-likeness (QED) is 0.741. The van der Waals surface area contributed by atoms with E-state index in [4.69, 9.17) is 4.98 Å². The highest BCUT2D eigenvalue weighted by molar-refractivity contribution is 7.11. The van der Waals surface area contributed by atoms with Crippen LogP contribution in [0.25, 0.3) is 5.65 Å². The Kier molecular flexibility index (Phi) is 3.57. The number of amides is 1. The van der Waals surface area contributed by atoms with Crippen molar-refractivity contribution < 1.29 is 4.79 Å². The van der Waals surface area contributed by atoms with Gasteiger partial charge in [0.05, 0.1) is 12.2 Å². The molecule has 7 heteroatoms. The Balaban J connectivity index is 1.52. The third kappa shape index (κ3) is 2.72. The maximum Gasteiger partial charge on any atom is 0.274 e. The number of rotatable bonds is 3. The Morgan fingerprint density at radius 1 is 1.39 bits per heavy atom. The topological polar surface area (TPSA) is 63.4 Å². The summed E-state index contributed by atoms with van der Waals surface area (Å²) in [6.45, 7) is 0.526. The third-order valence-electron chi connectivity index (χ3n) is 4.06. The van der Waals surface area contributed by atoms with Crippen molar-refractivity contribution in [3.05, 3.63) is 45.8 Å². The van der Waals surface area contributed by atoms with Crippen LogP contribution in [0.5, 0.6) is 0 Å². The van der Waals surface area contributed by atoms with Crippen molar-refractivity contribution in [1.29, 1.82) is 0 Å². The van der Waals surface area contributed by atoms with Crippen molar-refractivity contribution in [3.8, 4) is 0 Å². The lowest BCUT2D eigenvalue weighted by molar-refractivity contribution is 0.0778. The largest absolute Gasteiger partial charge is 0.334 e. The van der Waals surface area contributed by atoms with Crippen LogP contribution in [-0.4, -0.2) is 37.4 Å². The van der Waals surface area contributed by atoms with Gasteiger partial charge in [-0.2, -0.15) is 5.10 Å². The SMILES string of the molecule is CN(Cc1nc2c(s1)CCCC2)C(=O)c1cc2ncccn2n1. The maximum absolute atomic E-state index is 12.6. The number of carbonyl (C=O) groups excluding carboxylic acids is 1. The van der Waals surface area contributed by atoms with Gasteiger partial charge in [-0.1, -0.05) is 0 Å². The van der Waals surface area contributed by atoms with Crippen molar-refractivity contribution in [2.24, 2.45) is 0 Å². The minimum Gasteiger partial charge on any atom is -0.334 e. The van der Waals surface area contributed by atoms with Crippen LogP contribution in [-0.2, 0) is 19.4 Å². The fourth-order valence-electron chi connectivity index (χ4n) is 2.88. The van der Waals surface area contributed by atoms with Crippen molar-refractivity contribution in [2.75, 3.05) is 7.05 Å². The van der Waals surface area contributed by atoms with Crippen LogP contribution >= 0.6 is 11.3 Å². The van der Waals surface area contributed by atoms with Crippen LogP contribution in [0.2, 0.25) is 0 Å². The zero-order chi connectivity index (χ0) is 15.8. The van der Waals surface area contributed by atoms with E-state index in [-0.39, 0.29) is 5.91 Å². The summed E-state index contributed by atoms with van der Waals surface area (Å²) in [6, 6.07) is 3.50. The Morgan fingerprint density at radius 2 is 2.26 bits per heavy atom. The first kappa shape index (κ1) is 14.3. The molecule has 0 atom stereocenters. The summed E-state index contributed by atoms with van der Waals surface area (Å²) < 4.78 is 1.61. The van der Waals surface area contributed by atoms with Crippen molar-refractivity contribution in [2.45, 2.75) is 32.2 Å². The first-order valence-corrected chi connectivity index (χ1v) is 8.56. The van der Waals surface area contributed by atoms with Gasteiger partial charge in [0.1, 0.15) is 5.01 Å². The zero-order valence-corrected chi connectivity index (χ0v) is 13.7. The second-order valence-corrected chi connectivity index (χ2v) is 6.97. The summed E-state index contributed by atoms with van der Waals surface area (Å²) in [7, 11) is 1.79. The van der Waals surface area contributed by atoms with Crippen LogP contribution in [0.4, 0.5) is 0 Å². The van der Waals surface area contributed by atoms with Crippen LogP contribution in [0.3, 0.4) is 0 Å². The minimum absolute atomic E-state index is 0.108. The first-order chi connectivity index (χ1) is 11.2. The number of nitrogens with zero attached hydrogens (tertiary/aromatic N) is 5. The maximum atomic E-state index is 12.6. The molecule has 0 spiro atoms. The molecular weight excluding hydrogens is 310 g/mol. The highest BCUT2D eigenvalue weighted by Gasteiger charge is 2.20. The van der Waals surface area contributed by atoms with E-state index < -0.39 is 0 Å². The van der Waals surface area contributed by atoms with Crippen molar-refractivity contribution in [3.63, 3.8) is 0 Å². The minimum atomic E-state index is -0.108. The van der Waals surface area contributed by atoms with E-state index in [9.17, 15) is 4.79 Å². The monoisotopic (exact) mass is 327 g/mol. The fraction of sp³-hybridized carbons (Fsp3) is 0.375. The molecule has 0 bridgehead atoms. The lowest BCUT2D eigenvalue weighted by Gasteiger charge is -2.13. The lowest BCUT2D eigenvalue weighted by atomic mass is 10.0. The molecule has 3 heterocycles. The molecule has 3 aromatic heterocycles. The third-order valence-corrected chi connectivity index (χ3v) is 5.21. The molecular formula is C16H17N5OS. The molecule has 6 nitrogen and oxygen atoms in total. The van der Waals surface area contributed by atoms with E-state index in [1.165, 1.54) is 23.4 Å². The van der Waals surface area contributed by atoms with Gasteiger partial charge in [-0.25, -0.2) is 14.5 Å². The van der Waals surface area contributed by atoms with Crippen molar-refractivity contribution >= 4 is 22.9 Å². The number of aromatic nitrogens is 4. The summed E-state index contributed by atoms with van der Waals surface area (Å²) in [5.41, 5.74) is 2.32. The average Bonchev–Trinajstić information content (AvgIpc) is 3.16. The normalized spacial score (nSPS) is 14.0. The smallest absolute Gasteiger partial charge is 0.274 e. The molecule has 0 N–H and O–H groups in total. The summed E-state index contributed by atoms with van der Waals surface area (Å²) >= 11 is 1.74. The second-order valence-electron chi connectivity index (χ2n) is 5.80.